The SMILES string of the molecule is CN1CCC(NS(=O)(=O)CCCC(=O)O)C1. The molecule has 0 spiro atoms. The Balaban J connectivity index is 2.31. The van der Waals surface area contributed by atoms with E-state index in [9.17, 15) is 13.2 Å². The summed E-state index contributed by atoms with van der Waals surface area (Å²) in [5.74, 6) is -1.07. The maximum absolute atomic E-state index is 11.6. The molecule has 1 atom stereocenters. The molecule has 1 aliphatic heterocycles. The van der Waals surface area contributed by atoms with E-state index in [0.29, 0.717) is 0 Å². The Hall–Kier alpha value is -0.660. The lowest BCUT2D eigenvalue weighted by Crippen LogP contribution is -2.37. The highest BCUT2D eigenvalue weighted by atomic mass is 32.2. The molecule has 0 aromatic carbocycles. The number of likely N-dealkylation sites (tertiary alicyclic amines) is 1. The van der Waals surface area contributed by atoms with Crippen LogP contribution in [-0.4, -0.2) is 56.3 Å². The van der Waals surface area contributed by atoms with Crippen LogP contribution in [-0.2, 0) is 14.8 Å². The van der Waals surface area contributed by atoms with Crippen LogP contribution < -0.4 is 4.72 Å². The number of likely N-dealkylation sites (N-methyl/N-ethyl adjacent to an activating group) is 1. The van der Waals surface area contributed by atoms with Crippen molar-refractivity contribution in [3.8, 4) is 0 Å². The van der Waals surface area contributed by atoms with Gasteiger partial charge < -0.3 is 10.0 Å². The van der Waals surface area contributed by atoms with Crippen LogP contribution in [0.4, 0.5) is 0 Å². The Morgan fingerprint density at radius 2 is 2.25 bits per heavy atom. The molecule has 0 aliphatic carbocycles. The third-order valence-electron chi connectivity index (χ3n) is 2.54. The molecule has 1 unspecified atom stereocenters. The fraction of sp³-hybridized carbons (Fsp3) is 0.889. The van der Waals surface area contributed by atoms with Gasteiger partial charge in [-0.3, -0.25) is 4.79 Å². The van der Waals surface area contributed by atoms with Gasteiger partial charge in [-0.25, -0.2) is 13.1 Å². The lowest BCUT2D eigenvalue weighted by atomic mass is 10.3. The van der Waals surface area contributed by atoms with Crippen molar-refractivity contribution >= 4 is 16.0 Å². The van der Waals surface area contributed by atoms with Crippen LogP contribution in [0.15, 0.2) is 0 Å². The topological polar surface area (TPSA) is 86.7 Å². The summed E-state index contributed by atoms with van der Waals surface area (Å²) in [7, 11) is -1.38. The number of aliphatic carboxylic acids is 1. The Morgan fingerprint density at radius 1 is 1.56 bits per heavy atom. The molecule has 1 fully saturated rings. The van der Waals surface area contributed by atoms with Gasteiger partial charge in [0.25, 0.3) is 0 Å². The lowest BCUT2D eigenvalue weighted by Gasteiger charge is -2.12. The summed E-state index contributed by atoms with van der Waals surface area (Å²) in [5.41, 5.74) is 0. The Kier molecular flexibility index (Phi) is 4.69. The van der Waals surface area contributed by atoms with Gasteiger partial charge in [-0.05, 0) is 26.4 Å². The molecule has 16 heavy (non-hydrogen) atoms. The van der Waals surface area contributed by atoms with E-state index in [1.807, 2.05) is 7.05 Å². The number of nitrogens with one attached hydrogen (secondary N) is 1. The predicted molar refractivity (Wildman–Crippen MR) is 59.7 cm³/mol. The van der Waals surface area contributed by atoms with E-state index in [-0.39, 0.29) is 24.6 Å². The molecule has 0 amide bonds. The van der Waals surface area contributed by atoms with E-state index < -0.39 is 16.0 Å². The van der Waals surface area contributed by atoms with Crippen molar-refractivity contribution in [1.29, 1.82) is 0 Å². The van der Waals surface area contributed by atoms with Crippen LogP contribution in [0.1, 0.15) is 19.3 Å². The first kappa shape index (κ1) is 13.4. The fourth-order valence-electron chi connectivity index (χ4n) is 1.76. The van der Waals surface area contributed by atoms with Gasteiger partial charge in [-0.15, -0.1) is 0 Å². The van der Waals surface area contributed by atoms with Crippen LogP contribution in [0.5, 0.6) is 0 Å². The average Bonchev–Trinajstić information content (AvgIpc) is 2.48. The number of hydrogen-bond donors (Lipinski definition) is 2. The van der Waals surface area contributed by atoms with E-state index in [1.165, 1.54) is 0 Å². The van der Waals surface area contributed by atoms with Crippen LogP contribution in [0.3, 0.4) is 0 Å². The van der Waals surface area contributed by atoms with Crippen molar-refractivity contribution in [1.82, 2.24) is 9.62 Å². The minimum absolute atomic E-state index is 0.0279. The molecule has 94 valence electrons. The quantitative estimate of drug-likeness (QED) is 0.662. The minimum atomic E-state index is -3.32. The van der Waals surface area contributed by atoms with E-state index in [1.54, 1.807) is 0 Å². The van der Waals surface area contributed by atoms with Gasteiger partial charge in [0.15, 0.2) is 0 Å². The van der Waals surface area contributed by atoms with Crippen molar-refractivity contribution in [2.75, 3.05) is 25.9 Å². The van der Waals surface area contributed by atoms with Gasteiger partial charge in [0.1, 0.15) is 0 Å². The van der Waals surface area contributed by atoms with Crippen LogP contribution in [0.2, 0.25) is 0 Å². The van der Waals surface area contributed by atoms with Gasteiger partial charge in [0.2, 0.25) is 10.0 Å². The van der Waals surface area contributed by atoms with Gasteiger partial charge in [0.05, 0.1) is 5.75 Å². The van der Waals surface area contributed by atoms with Crippen LogP contribution >= 0.6 is 0 Å². The van der Waals surface area contributed by atoms with Crippen molar-refractivity contribution in [3.63, 3.8) is 0 Å². The smallest absolute Gasteiger partial charge is 0.303 e. The van der Waals surface area contributed by atoms with Crippen LogP contribution in [0, 0.1) is 0 Å². The zero-order valence-corrected chi connectivity index (χ0v) is 10.2. The standard InChI is InChI=1S/C9H18N2O4S/c1-11-5-4-8(7-11)10-16(14,15)6-2-3-9(12)13/h8,10H,2-7H2,1H3,(H,12,13). The monoisotopic (exact) mass is 250 g/mol. The molecule has 1 heterocycles. The second kappa shape index (κ2) is 5.60. The number of sulfonamides is 1. The van der Waals surface area contributed by atoms with E-state index in [2.05, 4.69) is 9.62 Å². The molecule has 0 saturated carbocycles. The van der Waals surface area contributed by atoms with Crippen molar-refractivity contribution < 1.29 is 18.3 Å². The summed E-state index contributed by atoms with van der Waals surface area (Å²) in [6.45, 7) is 1.61. The maximum Gasteiger partial charge on any atom is 0.303 e. The maximum atomic E-state index is 11.6. The molecule has 7 heteroatoms. The molecule has 1 rings (SSSR count). The third kappa shape index (κ3) is 4.91. The molecule has 0 aromatic heterocycles. The molecule has 1 aliphatic rings. The molecule has 0 bridgehead atoms. The Labute approximate surface area is 95.7 Å². The molecule has 0 aromatic rings. The highest BCUT2D eigenvalue weighted by molar-refractivity contribution is 7.89. The largest absolute Gasteiger partial charge is 0.481 e. The lowest BCUT2D eigenvalue weighted by molar-refractivity contribution is -0.137. The number of nitrogens with zero attached hydrogens (tertiary/aromatic N) is 1. The molecular weight excluding hydrogens is 232 g/mol. The zero-order chi connectivity index (χ0) is 12.2. The second-order valence-electron chi connectivity index (χ2n) is 4.18. The summed E-state index contributed by atoms with van der Waals surface area (Å²) in [4.78, 5) is 12.3. The fourth-order valence-corrected chi connectivity index (χ4v) is 3.10. The third-order valence-corrected chi connectivity index (χ3v) is 4.06. The van der Waals surface area contributed by atoms with Crippen molar-refractivity contribution in [2.45, 2.75) is 25.3 Å². The number of carbonyl (C=O) groups is 1. The van der Waals surface area contributed by atoms with Gasteiger partial charge in [-0.1, -0.05) is 0 Å². The Bertz CT molecular complexity index is 341. The van der Waals surface area contributed by atoms with E-state index in [4.69, 9.17) is 5.11 Å². The molecular formula is C9H18N2O4S. The number of carboxylic acid groups (broad SMARTS) is 1. The van der Waals surface area contributed by atoms with Crippen molar-refractivity contribution in [2.24, 2.45) is 0 Å². The van der Waals surface area contributed by atoms with Crippen molar-refractivity contribution in [3.05, 3.63) is 0 Å². The van der Waals surface area contributed by atoms with Gasteiger partial charge >= 0.3 is 5.97 Å². The number of rotatable bonds is 6. The van der Waals surface area contributed by atoms with Crippen LogP contribution in [0.25, 0.3) is 0 Å². The summed E-state index contributed by atoms with van der Waals surface area (Å²) in [6, 6.07) is -0.0279. The molecule has 1 saturated heterocycles. The first-order valence-electron chi connectivity index (χ1n) is 5.29. The predicted octanol–water partition coefficient (Wildman–Crippen LogP) is -0.525. The summed E-state index contributed by atoms with van der Waals surface area (Å²) in [5, 5.41) is 8.41. The van der Waals surface area contributed by atoms with E-state index in [0.717, 1.165) is 19.5 Å². The first-order valence-corrected chi connectivity index (χ1v) is 6.94. The van der Waals surface area contributed by atoms with E-state index >= 15 is 0 Å². The zero-order valence-electron chi connectivity index (χ0n) is 9.35. The number of hydrogen-bond acceptors (Lipinski definition) is 4. The minimum Gasteiger partial charge on any atom is -0.481 e. The highest BCUT2D eigenvalue weighted by Gasteiger charge is 2.23. The summed E-state index contributed by atoms with van der Waals surface area (Å²) >= 11 is 0. The molecule has 6 nitrogen and oxygen atoms in total. The first-order chi connectivity index (χ1) is 7.39. The normalized spacial score (nSPS) is 22.4. The number of carboxylic acids is 1. The molecule has 0 radical (unpaired) electrons. The summed E-state index contributed by atoms with van der Waals surface area (Å²) < 4.78 is 25.7. The second-order valence-corrected chi connectivity index (χ2v) is 6.06. The Morgan fingerprint density at radius 3 is 2.75 bits per heavy atom. The average molecular weight is 250 g/mol. The van der Waals surface area contributed by atoms with Gasteiger partial charge in [-0.2, -0.15) is 0 Å². The highest BCUT2D eigenvalue weighted by Crippen LogP contribution is 2.08. The van der Waals surface area contributed by atoms with Gasteiger partial charge in [0, 0.05) is 19.0 Å². The molecule has 2 N–H and O–H groups in total. The summed E-state index contributed by atoms with van der Waals surface area (Å²) in [6.07, 6.45) is 0.868.